The lowest BCUT2D eigenvalue weighted by Gasteiger charge is -2.32. The van der Waals surface area contributed by atoms with E-state index in [-0.39, 0.29) is 17.9 Å². The lowest BCUT2D eigenvalue weighted by Crippen LogP contribution is -3.29. The van der Waals surface area contributed by atoms with Gasteiger partial charge in [-0.1, -0.05) is 48.5 Å². The molecule has 2 amide bonds. The summed E-state index contributed by atoms with van der Waals surface area (Å²) in [6.07, 6.45) is 0.329. The first-order valence-corrected chi connectivity index (χ1v) is 10.2. The van der Waals surface area contributed by atoms with Crippen LogP contribution >= 0.6 is 0 Å². The van der Waals surface area contributed by atoms with Gasteiger partial charge in [0.2, 0.25) is 5.91 Å². The van der Waals surface area contributed by atoms with Gasteiger partial charge in [-0.3, -0.25) is 9.59 Å². The van der Waals surface area contributed by atoms with E-state index in [4.69, 9.17) is 0 Å². The Labute approximate surface area is 166 Å². The van der Waals surface area contributed by atoms with Crippen molar-refractivity contribution < 1.29 is 19.4 Å². The van der Waals surface area contributed by atoms with E-state index >= 15 is 0 Å². The minimum Gasteiger partial charge on any atom is -0.322 e. The average molecular weight is 380 g/mol. The molecule has 2 aromatic carbocycles. The number of piperazine rings is 1. The van der Waals surface area contributed by atoms with Crippen LogP contribution in [0.2, 0.25) is 0 Å². The zero-order valence-corrected chi connectivity index (χ0v) is 16.7. The minimum atomic E-state index is -0.232. The first-order chi connectivity index (χ1) is 13.5. The lowest BCUT2D eigenvalue weighted by molar-refractivity contribution is -1.02. The van der Waals surface area contributed by atoms with Crippen molar-refractivity contribution >= 4 is 17.5 Å². The molecule has 0 aromatic heterocycles. The molecule has 2 aromatic rings. The number of benzene rings is 2. The Balaban J connectivity index is 1.42. The maximum atomic E-state index is 13.2. The zero-order valence-electron chi connectivity index (χ0n) is 16.7. The molecule has 28 heavy (non-hydrogen) atoms. The van der Waals surface area contributed by atoms with Crippen LogP contribution in [0.5, 0.6) is 0 Å². The molecule has 2 N–H and O–H groups in total. The Hall–Kier alpha value is -2.50. The molecule has 2 heterocycles. The summed E-state index contributed by atoms with van der Waals surface area (Å²) in [6.45, 7) is 8.90. The number of hydrogen-bond acceptors (Lipinski definition) is 2. The van der Waals surface area contributed by atoms with Gasteiger partial charge in [0.25, 0.3) is 5.91 Å². The van der Waals surface area contributed by atoms with Gasteiger partial charge in [0.05, 0.1) is 12.1 Å². The molecule has 1 atom stereocenters. The third kappa shape index (κ3) is 3.60. The largest absolute Gasteiger partial charge is 0.322 e. The Morgan fingerprint density at radius 3 is 2.18 bits per heavy atom. The van der Waals surface area contributed by atoms with Crippen LogP contribution in [0.3, 0.4) is 0 Å². The van der Waals surface area contributed by atoms with Crippen LogP contribution in [0.25, 0.3) is 0 Å². The monoisotopic (exact) mass is 379 g/mol. The molecule has 0 spiro atoms. The van der Waals surface area contributed by atoms with Crippen LogP contribution < -0.4 is 14.7 Å². The van der Waals surface area contributed by atoms with E-state index < -0.39 is 0 Å². The van der Waals surface area contributed by atoms with E-state index in [0.717, 1.165) is 49.5 Å². The number of imide groups is 1. The number of nitrogens with one attached hydrogen (secondary N) is 2. The maximum Gasteiger partial charge on any atom is 0.292 e. The second-order valence-corrected chi connectivity index (χ2v) is 8.14. The SMILES string of the molecule is Cc1cccc(C)c1N1C(=O)CC([NH+]2CC[NH+](Cc3ccccc3)CC2)C1=O. The molecule has 2 saturated heterocycles. The standard InChI is InChI=1S/C23H27N3O2/c1-17-7-6-8-18(2)22(17)26-21(27)15-20(23(26)28)25-13-11-24(12-14-25)16-19-9-4-3-5-10-19/h3-10,20H,11-16H2,1-2H3/p+2. The first-order valence-electron chi connectivity index (χ1n) is 10.2. The van der Waals surface area contributed by atoms with Crippen molar-refractivity contribution in [2.75, 3.05) is 31.1 Å². The number of carbonyl (C=O) groups is 2. The second-order valence-electron chi connectivity index (χ2n) is 8.14. The van der Waals surface area contributed by atoms with Crippen LogP contribution in [0.1, 0.15) is 23.1 Å². The van der Waals surface area contributed by atoms with E-state index in [1.807, 2.05) is 38.1 Å². The van der Waals surface area contributed by atoms with E-state index in [9.17, 15) is 9.59 Å². The number of nitrogens with zero attached hydrogens (tertiary/aromatic N) is 1. The van der Waals surface area contributed by atoms with Gasteiger partial charge in [0.15, 0.2) is 6.04 Å². The zero-order chi connectivity index (χ0) is 19.7. The van der Waals surface area contributed by atoms with Crippen LogP contribution in [-0.2, 0) is 16.1 Å². The number of hydrogen-bond donors (Lipinski definition) is 2. The van der Waals surface area contributed by atoms with Crippen molar-refractivity contribution in [1.82, 2.24) is 0 Å². The van der Waals surface area contributed by atoms with E-state index in [1.165, 1.54) is 15.4 Å². The van der Waals surface area contributed by atoms with Gasteiger partial charge in [-0.05, 0) is 25.0 Å². The molecule has 5 heteroatoms. The number of carbonyl (C=O) groups excluding carboxylic acids is 2. The van der Waals surface area contributed by atoms with Crippen LogP contribution in [0.4, 0.5) is 5.69 Å². The highest BCUT2D eigenvalue weighted by molar-refractivity contribution is 6.22. The van der Waals surface area contributed by atoms with Crippen molar-refractivity contribution in [3.8, 4) is 0 Å². The molecule has 1 unspecified atom stereocenters. The summed E-state index contributed by atoms with van der Waals surface area (Å²) in [5.74, 6) is -0.0807. The van der Waals surface area contributed by atoms with Gasteiger partial charge in [-0.2, -0.15) is 0 Å². The summed E-state index contributed by atoms with van der Waals surface area (Å²) >= 11 is 0. The molecule has 0 aliphatic carbocycles. The van der Waals surface area contributed by atoms with Crippen molar-refractivity contribution in [2.45, 2.75) is 32.9 Å². The summed E-state index contributed by atoms with van der Waals surface area (Å²) in [7, 11) is 0. The van der Waals surface area contributed by atoms with Crippen molar-refractivity contribution in [3.05, 3.63) is 65.2 Å². The van der Waals surface area contributed by atoms with E-state index in [2.05, 4.69) is 24.3 Å². The Bertz CT molecular complexity index is 852. The Kier molecular flexibility index (Phi) is 5.29. The maximum absolute atomic E-state index is 13.2. The molecular formula is C23H29N3O2+2. The van der Waals surface area contributed by atoms with Gasteiger partial charge in [-0.15, -0.1) is 0 Å². The van der Waals surface area contributed by atoms with Gasteiger partial charge < -0.3 is 9.80 Å². The topological polar surface area (TPSA) is 46.3 Å². The van der Waals surface area contributed by atoms with Gasteiger partial charge in [0, 0.05) is 5.56 Å². The molecule has 5 nitrogen and oxygen atoms in total. The average Bonchev–Trinajstić information content (AvgIpc) is 2.98. The third-order valence-corrected chi connectivity index (χ3v) is 6.20. The minimum absolute atomic E-state index is 0.0242. The van der Waals surface area contributed by atoms with Gasteiger partial charge in [-0.25, -0.2) is 4.90 Å². The molecule has 2 aliphatic heterocycles. The molecular weight excluding hydrogens is 350 g/mol. The summed E-state index contributed by atoms with van der Waals surface area (Å²) in [6, 6.07) is 16.2. The molecule has 2 aliphatic rings. The van der Waals surface area contributed by atoms with Crippen LogP contribution in [-0.4, -0.2) is 44.0 Å². The number of amides is 2. The number of para-hydroxylation sites is 1. The van der Waals surface area contributed by atoms with Crippen molar-refractivity contribution in [2.24, 2.45) is 0 Å². The van der Waals surface area contributed by atoms with Crippen molar-refractivity contribution in [1.29, 1.82) is 0 Å². The highest BCUT2D eigenvalue weighted by Crippen LogP contribution is 2.29. The summed E-state index contributed by atoms with van der Waals surface area (Å²) in [4.78, 5) is 30.2. The molecule has 4 rings (SSSR count). The van der Waals surface area contributed by atoms with Crippen LogP contribution in [0, 0.1) is 13.8 Å². The second kappa shape index (κ2) is 7.86. The normalized spacial score (nSPS) is 25.4. The van der Waals surface area contributed by atoms with Crippen molar-refractivity contribution in [3.63, 3.8) is 0 Å². The van der Waals surface area contributed by atoms with E-state index in [1.54, 1.807) is 4.90 Å². The Morgan fingerprint density at radius 2 is 1.54 bits per heavy atom. The predicted octanol–water partition coefficient (Wildman–Crippen LogP) is -0.0811. The Morgan fingerprint density at radius 1 is 0.893 bits per heavy atom. The lowest BCUT2D eigenvalue weighted by atomic mass is 10.1. The third-order valence-electron chi connectivity index (χ3n) is 6.20. The van der Waals surface area contributed by atoms with E-state index in [0.29, 0.717) is 6.42 Å². The highest BCUT2D eigenvalue weighted by atomic mass is 16.2. The summed E-state index contributed by atoms with van der Waals surface area (Å²) in [5.41, 5.74) is 4.10. The predicted molar refractivity (Wildman–Crippen MR) is 108 cm³/mol. The number of quaternary nitrogens is 2. The van der Waals surface area contributed by atoms with Crippen LogP contribution in [0.15, 0.2) is 48.5 Å². The number of aryl methyl sites for hydroxylation is 2. The molecule has 0 radical (unpaired) electrons. The number of anilines is 1. The van der Waals surface area contributed by atoms with Gasteiger partial charge in [0.1, 0.15) is 32.7 Å². The molecule has 0 saturated carbocycles. The van der Waals surface area contributed by atoms with Gasteiger partial charge >= 0.3 is 0 Å². The fraction of sp³-hybridized carbons (Fsp3) is 0.391. The fourth-order valence-corrected chi connectivity index (χ4v) is 4.68. The first kappa shape index (κ1) is 18.8. The number of rotatable bonds is 4. The molecule has 146 valence electrons. The summed E-state index contributed by atoms with van der Waals surface area (Å²) < 4.78 is 0. The fourth-order valence-electron chi connectivity index (χ4n) is 4.68. The smallest absolute Gasteiger partial charge is 0.292 e. The quantitative estimate of drug-likeness (QED) is 0.730. The molecule has 0 bridgehead atoms. The summed E-state index contributed by atoms with van der Waals surface area (Å²) in [5, 5.41) is 0. The highest BCUT2D eigenvalue weighted by Gasteiger charge is 2.47. The molecule has 2 fully saturated rings.